The van der Waals surface area contributed by atoms with Crippen molar-refractivity contribution in [1.82, 2.24) is 0 Å². The summed E-state index contributed by atoms with van der Waals surface area (Å²) in [6, 6.07) is -0.485. The van der Waals surface area contributed by atoms with Crippen LogP contribution in [0.25, 0.3) is 0 Å². The van der Waals surface area contributed by atoms with Crippen molar-refractivity contribution < 1.29 is 14.3 Å². The molecule has 1 fully saturated rings. The second-order valence-electron chi connectivity index (χ2n) is 3.09. The van der Waals surface area contributed by atoms with Gasteiger partial charge in [-0.15, -0.1) is 12.4 Å². The number of hydrogen-bond acceptors (Lipinski definition) is 4. The third-order valence-corrected chi connectivity index (χ3v) is 2.12. The summed E-state index contributed by atoms with van der Waals surface area (Å²) < 4.78 is 9.68. The maximum atomic E-state index is 10.9. The summed E-state index contributed by atoms with van der Waals surface area (Å²) in [4.78, 5) is 10.9. The summed E-state index contributed by atoms with van der Waals surface area (Å²) in [5, 5.41) is 0. The number of carbonyl (C=O) groups excluding carboxylic acids is 1. The van der Waals surface area contributed by atoms with Crippen LogP contribution in [0.1, 0.15) is 12.8 Å². The first-order valence-electron chi connectivity index (χ1n) is 4.15. The van der Waals surface area contributed by atoms with Crippen LogP contribution in [0.15, 0.2) is 0 Å². The Kier molecular flexibility index (Phi) is 6.03. The van der Waals surface area contributed by atoms with Gasteiger partial charge in [-0.3, -0.25) is 4.79 Å². The van der Waals surface area contributed by atoms with Gasteiger partial charge in [0.25, 0.3) is 0 Å². The lowest BCUT2D eigenvalue weighted by atomic mass is 10.00. The predicted octanol–water partition coefficient (Wildman–Crippen LogP) is 0.335. The Morgan fingerprint density at radius 3 is 2.92 bits per heavy atom. The summed E-state index contributed by atoms with van der Waals surface area (Å²) in [7, 11) is 1.35. The van der Waals surface area contributed by atoms with E-state index in [-0.39, 0.29) is 18.4 Å². The average molecular weight is 210 g/mol. The van der Waals surface area contributed by atoms with E-state index in [2.05, 4.69) is 4.74 Å². The van der Waals surface area contributed by atoms with Gasteiger partial charge in [0.15, 0.2) is 0 Å². The van der Waals surface area contributed by atoms with Gasteiger partial charge in [0.1, 0.15) is 6.04 Å². The van der Waals surface area contributed by atoms with Gasteiger partial charge in [-0.25, -0.2) is 0 Å². The first-order valence-corrected chi connectivity index (χ1v) is 4.15. The van der Waals surface area contributed by atoms with Crippen molar-refractivity contribution in [2.45, 2.75) is 18.9 Å². The van der Waals surface area contributed by atoms with Crippen LogP contribution in [0, 0.1) is 5.92 Å². The summed E-state index contributed by atoms with van der Waals surface area (Å²) in [6.45, 7) is 1.52. The van der Waals surface area contributed by atoms with E-state index in [1.54, 1.807) is 0 Å². The Morgan fingerprint density at radius 1 is 1.77 bits per heavy atom. The monoisotopic (exact) mass is 209 g/mol. The molecular weight excluding hydrogens is 194 g/mol. The van der Waals surface area contributed by atoms with E-state index in [4.69, 9.17) is 10.5 Å². The highest BCUT2D eigenvalue weighted by Gasteiger charge is 2.22. The smallest absolute Gasteiger partial charge is 0.322 e. The number of hydrogen-bond donors (Lipinski definition) is 1. The molecule has 5 heteroatoms. The number of methoxy groups -OCH3 is 1. The third kappa shape index (κ3) is 3.93. The van der Waals surface area contributed by atoms with Crippen molar-refractivity contribution >= 4 is 18.4 Å². The van der Waals surface area contributed by atoms with Gasteiger partial charge in [-0.1, -0.05) is 0 Å². The highest BCUT2D eigenvalue weighted by molar-refractivity contribution is 5.85. The molecule has 1 rings (SSSR count). The second kappa shape index (κ2) is 6.18. The largest absolute Gasteiger partial charge is 0.468 e. The Bertz CT molecular complexity index is 159. The zero-order valence-corrected chi connectivity index (χ0v) is 8.51. The first-order chi connectivity index (χ1) is 5.74. The minimum atomic E-state index is -0.485. The highest BCUT2D eigenvalue weighted by atomic mass is 35.5. The molecule has 0 radical (unpaired) electrons. The molecule has 2 N–H and O–H groups in total. The number of ether oxygens (including phenoxy) is 2. The molecule has 2 atom stereocenters. The van der Waals surface area contributed by atoms with Crippen LogP contribution in [0.4, 0.5) is 0 Å². The van der Waals surface area contributed by atoms with Gasteiger partial charge in [0.05, 0.1) is 7.11 Å². The van der Waals surface area contributed by atoms with E-state index < -0.39 is 6.04 Å². The number of rotatable bonds is 3. The summed E-state index contributed by atoms with van der Waals surface area (Å²) in [6.07, 6.45) is 1.68. The maximum Gasteiger partial charge on any atom is 0.322 e. The van der Waals surface area contributed by atoms with E-state index in [1.165, 1.54) is 7.11 Å². The normalized spacial score (nSPS) is 23.4. The van der Waals surface area contributed by atoms with E-state index in [1.807, 2.05) is 0 Å². The average Bonchev–Trinajstić information content (AvgIpc) is 2.55. The van der Waals surface area contributed by atoms with Crippen LogP contribution in [0.2, 0.25) is 0 Å². The van der Waals surface area contributed by atoms with Crippen LogP contribution >= 0.6 is 12.4 Å². The number of halogens is 1. The lowest BCUT2D eigenvalue weighted by molar-refractivity contribution is -0.142. The van der Waals surface area contributed by atoms with E-state index in [0.717, 1.165) is 19.6 Å². The molecule has 0 aromatic carbocycles. The van der Waals surface area contributed by atoms with Crippen molar-refractivity contribution in [3.05, 3.63) is 0 Å². The van der Waals surface area contributed by atoms with Crippen LogP contribution < -0.4 is 5.73 Å². The topological polar surface area (TPSA) is 61.5 Å². The zero-order chi connectivity index (χ0) is 8.97. The zero-order valence-electron chi connectivity index (χ0n) is 7.69. The summed E-state index contributed by atoms with van der Waals surface area (Å²) in [5.41, 5.74) is 5.58. The van der Waals surface area contributed by atoms with Crippen LogP contribution in [0.5, 0.6) is 0 Å². The summed E-state index contributed by atoms with van der Waals surface area (Å²) in [5.74, 6) is 0.0981. The fourth-order valence-corrected chi connectivity index (χ4v) is 1.38. The molecule has 78 valence electrons. The highest BCUT2D eigenvalue weighted by Crippen LogP contribution is 2.17. The molecular formula is C8H16ClNO3. The fourth-order valence-electron chi connectivity index (χ4n) is 1.38. The molecule has 0 saturated carbocycles. The van der Waals surface area contributed by atoms with Gasteiger partial charge in [-0.2, -0.15) is 0 Å². The number of nitrogens with two attached hydrogens (primary N) is 1. The predicted molar refractivity (Wildman–Crippen MR) is 50.8 cm³/mol. The number of carbonyl (C=O) groups is 1. The quantitative estimate of drug-likeness (QED) is 0.681. The molecule has 2 unspecified atom stereocenters. The van der Waals surface area contributed by atoms with Crippen molar-refractivity contribution in [1.29, 1.82) is 0 Å². The molecule has 1 aliphatic heterocycles. The van der Waals surface area contributed by atoms with Crippen LogP contribution in [-0.4, -0.2) is 32.3 Å². The standard InChI is InChI=1S/C8H15NO3.ClH/c1-11-8(10)7(9)4-6-2-3-12-5-6;/h6-7H,2-5,9H2,1H3;1H. The SMILES string of the molecule is COC(=O)C(N)CC1CCOC1.Cl. The van der Waals surface area contributed by atoms with Gasteiger partial charge in [-0.05, 0) is 18.8 Å². The third-order valence-electron chi connectivity index (χ3n) is 2.12. The molecule has 1 saturated heterocycles. The van der Waals surface area contributed by atoms with E-state index >= 15 is 0 Å². The Labute approximate surface area is 84.2 Å². The molecule has 0 aliphatic carbocycles. The Hall–Kier alpha value is -0.320. The van der Waals surface area contributed by atoms with Gasteiger partial charge >= 0.3 is 5.97 Å². The van der Waals surface area contributed by atoms with Gasteiger partial charge in [0, 0.05) is 13.2 Å². The van der Waals surface area contributed by atoms with E-state index in [9.17, 15) is 4.79 Å². The van der Waals surface area contributed by atoms with Gasteiger partial charge < -0.3 is 15.2 Å². The summed E-state index contributed by atoms with van der Waals surface area (Å²) >= 11 is 0. The Balaban J connectivity index is 0.00000144. The molecule has 0 bridgehead atoms. The van der Waals surface area contributed by atoms with E-state index in [0.29, 0.717) is 12.3 Å². The molecule has 0 spiro atoms. The van der Waals surface area contributed by atoms with Crippen LogP contribution in [-0.2, 0) is 14.3 Å². The lowest BCUT2D eigenvalue weighted by Gasteiger charge is -2.12. The van der Waals surface area contributed by atoms with Crippen LogP contribution in [0.3, 0.4) is 0 Å². The molecule has 4 nitrogen and oxygen atoms in total. The minimum Gasteiger partial charge on any atom is -0.468 e. The van der Waals surface area contributed by atoms with Crippen molar-refractivity contribution in [3.63, 3.8) is 0 Å². The Morgan fingerprint density at radius 2 is 2.46 bits per heavy atom. The van der Waals surface area contributed by atoms with Crippen molar-refractivity contribution in [2.24, 2.45) is 11.7 Å². The second-order valence-corrected chi connectivity index (χ2v) is 3.09. The fraction of sp³-hybridized carbons (Fsp3) is 0.875. The lowest BCUT2D eigenvalue weighted by Crippen LogP contribution is -2.33. The molecule has 0 aromatic rings. The first kappa shape index (κ1) is 12.7. The number of esters is 1. The minimum absolute atomic E-state index is 0. The maximum absolute atomic E-state index is 10.9. The molecule has 1 heterocycles. The van der Waals surface area contributed by atoms with Crippen molar-refractivity contribution in [2.75, 3.05) is 20.3 Å². The van der Waals surface area contributed by atoms with Crippen molar-refractivity contribution in [3.8, 4) is 0 Å². The molecule has 0 aromatic heterocycles. The molecule has 0 amide bonds. The molecule has 13 heavy (non-hydrogen) atoms. The van der Waals surface area contributed by atoms with Gasteiger partial charge in [0.2, 0.25) is 0 Å². The molecule has 1 aliphatic rings.